The van der Waals surface area contributed by atoms with Crippen LogP contribution in [-0.4, -0.2) is 43.5 Å². The van der Waals surface area contributed by atoms with Crippen LogP contribution in [0.2, 0.25) is 0 Å². The molecule has 0 saturated heterocycles. The molecule has 1 heterocycles. The number of nitrogens with zero attached hydrogens (tertiary/aromatic N) is 2. The third-order valence-electron chi connectivity index (χ3n) is 2.62. The van der Waals surface area contributed by atoms with Crippen LogP contribution in [0, 0.1) is 0 Å². The molecule has 0 radical (unpaired) electrons. The van der Waals surface area contributed by atoms with E-state index in [4.69, 9.17) is 0 Å². The summed E-state index contributed by atoms with van der Waals surface area (Å²) in [5, 5.41) is 6.33. The normalized spacial score (nSPS) is 11.7. The zero-order chi connectivity index (χ0) is 15.2. The lowest BCUT2D eigenvalue weighted by atomic mass is 10.2. The summed E-state index contributed by atoms with van der Waals surface area (Å²) in [6.45, 7) is 7.46. The van der Waals surface area contributed by atoms with E-state index in [1.54, 1.807) is 0 Å². The molecule has 7 heteroatoms. The van der Waals surface area contributed by atoms with Gasteiger partial charge in [-0.15, -0.1) is 0 Å². The lowest BCUT2D eigenvalue weighted by Crippen LogP contribution is -2.12. The van der Waals surface area contributed by atoms with Crippen LogP contribution in [0.4, 0.5) is 11.6 Å². The molecule has 6 nitrogen and oxygen atoms in total. The lowest BCUT2D eigenvalue weighted by Gasteiger charge is -2.12. The number of aromatic nitrogens is 2. The Hall–Kier alpha value is -1.37. The Balaban J connectivity index is 2.68. The number of nitrogens with one attached hydrogen (secondary N) is 2. The summed E-state index contributed by atoms with van der Waals surface area (Å²) < 4.78 is 22.1. The highest BCUT2D eigenvalue weighted by molar-refractivity contribution is 7.90. The summed E-state index contributed by atoms with van der Waals surface area (Å²) in [6, 6.07) is 1.84. The monoisotopic (exact) mass is 300 g/mol. The molecule has 0 fully saturated rings. The van der Waals surface area contributed by atoms with Gasteiger partial charge < -0.3 is 10.6 Å². The molecule has 114 valence electrons. The minimum atomic E-state index is -2.90. The van der Waals surface area contributed by atoms with Crippen LogP contribution in [0.3, 0.4) is 0 Å². The maximum absolute atomic E-state index is 11.1. The van der Waals surface area contributed by atoms with E-state index in [0.717, 1.165) is 24.0 Å². The van der Waals surface area contributed by atoms with Crippen molar-refractivity contribution >= 4 is 21.5 Å². The molecule has 0 amide bonds. The van der Waals surface area contributed by atoms with Crippen molar-refractivity contribution in [3.63, 3.8) is 0 Å². The van der Waals surface area contributed by atoms with Crippen molar-refractivity contribution in [1.29, 1.82) is 0 Å². The molecular weight excluding hydrogens is 276 g/mol. The summed E-state index contributed by atoms with van der Waals surface area (Å²) in [6.07, 6.45) is 1.81. The lowest BCUT2D eigenvalue weighted by molar-refractivity contribution is 0.600. The third kappa shape index (κ3) is 6.18. The quantitative estimate of drug-likeness (QED) is 0.713. The summed E-state index contributed by atoms with van der Waals surface area (Å²) in [4.78, 5) is 8.87. The van der Waals surface area contributed by atoms with E-state index >= 15 is 0 Å². The Morgan fingerprint density at radius 2 is 1.80 bits per heavy atom. The molecule has 1 aromatic heterocycles. The molecule has 20 heavy (non-hydrogen) atoms. The molecule has 0 aromatic carbocycles. The zero-order valence-corrected chi connectivity index (χ0v) is 13.4. The second-order valence-electron chi connectivity index (χ2n) is 5.09. The fourth-order valence-corrected chi connectivity index (χ4v) is 2.31. The second kappa shape index (κ2) is 7.42. The van der Waals surface area contributed by atoms with Gasteiger partial charge in [0, 0.05) is 31.3 Å². The van der Waals surface area contributed by atoms with Gasteiger partial charge in [0.15, 0.2) is 0 Å². The van der Waals surface area contributed by atoms with Crippen molar-refractivity contribution in [2.45, 2.75) is 33.1 Å². The predicted octanol–water partition coefficient (Wildman–Crippen LogP) is 1.88. The first-order chi connectivity index (χ1) is 9.31. The van der Waals surface area contributed by atoms with Gasteiger partial charge in [-0.1, -0.05) is 13.8 Å². The van der Waals surface area contributed by atoms with Gasteiger partial charge in [-0.2, -0.15) is 0 Å². The van der Waals surface area contributed by atoms with Crippen LogP contribution < -0.4 is 10.6 Å². The molecule has 1 rings (SSSR count). The molecule has 0 saturated carbocycles. The average molecular weight is 300 g/mol. The zero-order valence-electron chi connectivity index (χ0n) is 12.6. The van der Waals surface area contributed by atoms with Crippen LogP contribution in [-0.2, 0) is 9.84 Å². The molecule has 0 bridgehead atoms. The Bertz CT molecular complexity index is 529. The third-order valence-corrected chi connectivity index (χ3v) is 3.65. The number of hydrogen-bond acceptors (Lipinski definition) is 6. The standard InChI is InChI=1S/C13H24N4O2S/c1-5-14-11-9-12(17-13(16-11)10(2)3)15-7-6-8-20(4,18)19/h9-10H,5-8H2,1-4H3,(H2,14,15,16,17). The summed E-state index contributed by atoms with van der Waals surface area (Å²) in [5.41, 5.74) is 0. The van der Waals surface area contributed by atoms with Gasteiger partial charge in [0.2, 0.25) is 0 Å². The van der Waals surface area contributed by atoms with Crippen molar-refractivity contribution in [3.05, 3.63) is 11.9 Å². The van der Waals surface area contributed by atoms with Crippen molar-refractivity contribution in [1.82, 2.24) is 9.97 Å². The number of rotatable bonds is 8. The number of sulfone groups is 1. The van der Waals surface area contributed by atoms with Crippen molar-refractivity contribution < 1.29 is 8.42 Å². The van der Waals surface area contributed by atoms with E-state index < -0.39 is 9.84 Å². The van der Waals surface area contributed by atoms with E-state index in [0.29, 0.717) is 13.0 Å². The van der Waals surface area contributed by atoms with E-state index in [9.17, 15) is 8.42 Å². The fourth-order valence-electron chi connectivity index (χ4n) is 1.64. The van der Waals surface area contributed by atoms with Crippen LogP contribution in [0.25, 0.3) is 0 Å². The highest BCUT2D eigenvalue weighted by atomic mass is 32.2. The fraction of sp³-hybridized carbons (Fsp3) is 0.692. The van der Waals surface area contributed by atoms with Gasteiger partial charge in [0.25, 0.3) is 0 Å². The van der Waals surface area contributed by atoms with E-state index in [1.165, 1.54) is 6.26 Å². The van der Waals surface area contributed by atoms with Crippen LogP contribution in [0.5, 0.6) is 0 Å². The first kappa shape index (κ1) is 16.7. The number of anilines is 2. The van der Waals surface area contributed by atoms with Gasteiger partial charge >= 0.3 is 0 Å². The largest absolute Gasteiger partial charge is 0.370 e. The smallest absolute Gasteiger partial charge is 0.147 e. The van der Waals surface area contributed by atoms with Crippen molar-refractivity contribution in [2.75, 3.05) is 35.7 Å². The minimum absolute atomic E-state index is 0.183. The van der Waals surface area contributed by atoms with Crippen LogP contribution in [0.1, 0.15) is 38.9 Å². The van der Waals surface area contributed by atoms with E-state index in [1.807, 2.05) is 26.8 Å². The highest BCUT2D eigenvalue weighted by Crippen LogP contribution is 2.16. The summed E-state index contributed by atoms with van der Waals surface area (Å²) >= 11 is 0. The van der Waals surface area contributed by atoms with E-state index in [2.05, 4.69) is 20.6 Å². The average Bonchev–Trinajstić information content (AvgIpc) is 2.33. The molecule has 0 atom stereocenters. The van der Waals surface area contributed by atoms with Crippen LogP contribution in [0.15, 0.2) is 6.07 Å². The maximum atomic E-state index is 11.1. The molecule has 2 N–H and O–H groups in total. The maximum Gasteiger partial charge on any atom is 0.147 e. The summed E-state index contributed by atoms with van der Waals surface area (Å²) in [5.74, 6) is 2.71. The molecule has 0 spiro atoms. The van der Waals surface area contributed by atoms with Gasteiger partial charge in [0.05, 0.1) is 5.75 Å². The highest BCUT2D eigenvalue weighted by Gasteiger charge is 2.08. The Morgan fingerprint density at radius 1 is 1.20 bits per heavy atom. The Morgan fingerprint density at radius 3 is 2.30 bits per heavy atom. The molecule has 0 unspecified atom stereocenters. The van der Waals surface area contributed by atoms with Gasteiger partial charge in [-0.25, -0.2) is 18.4 Å². The summed E-state index contributed by atoms with van der Waals surface area (Å²) in [7, 11) is -2.90. The Labute approximate surface area is 121 Å². The molecule has 0 aliphatic carbocycles. The van der Waals surface area contributed by atoms with Gasteiger partial charge in [-0.3, -0.25) is 0 Å². The molecule has 0 aliphatic heterocycles. The van der Waals surface area contributed by atoms with Gasteiger partial charge in [0.1, 0.15) is 27.3 Å². The predicted molar refractivity (Wildman–Crippen MR) is 83.1 cm³/mol. The minimum Gasteiger partial charge on any atom is -0.370 e. The van der Waals surface area contributed by atoms with E-state index in [-0.39, 0.29) is 11.7 Å². The molecule has 1 aromatic rings. The van der Waals surface area contributed by atoms with Gasteiger partial charge in [-0.05, 0) is 13.3 Å². The first-order valence-electron chi connectivity index (χ1n) is 6.86. The van der Waals surface area contributed by atoms with Crippen molar-refractivity contribution in [3.8, 4) is 0 Å². The molecular formula is C13H24N4O2S. The SMILES string of the molecule is CCNc1cc(NCCCS(C)(=O)=O)nc(C(C)C)n1. The molecule has 0 aliphatic rings. The van der Waals surface area contributed by atoms with Crippen LogP contribution >= 0.6 is 0 Å². The topological polar surface area (TPSA) is 84.0 Å². The first-order valence-corrected chi connectivity index (χ1v) is 8.92. The second-order valence-corrected chi connectivity index (χ2v) is 7.35. The van der Waals surface area contributed by atoms with Crippen molar-refractivity contribution in [2.24, 2.45) is 0 Å². The number of hydrogen-bond donors (Lipinski definition) is 2. The Kier molecular flexibility index (Phi) is 6.19.